The number of hydrogen-bond donors (Lipinski definition) is 1. The Kier molecular flexibility index (Phi) is 4.83. The summed E-state index contributed by atoms with van der Waals surface area (Å²) in [6.45, 7) is 3.98. The number of benzene rings is 1. The van der Waals surface area contributed by atoms with E-state index in [0.29, 0.717) is 17.0 Å². The lowest BCUT2D eigenvalue weighted by molar-refractivity contribution is 0.608. The van der Waals surface area contributed by atoms with Gasteiger partial charge in [0, 0.05) is 34.9 Å². The normalized spacial score (nSPS) is 14.3. The van der Waals surface area contributed by atoms with Crippen molar-refractivity contribution >= 4 is 32.8 Å². The summed E-state index contributed by atoms with van der Waals surface area (Å²) in [5.41, 5.74) is 4.69. The van der Waals surface area contributed by atoms with Crippen molar-refractivity contribution in [1.82, 2.24) is 4.98 Å². The zero-order valence-corrected chi connectivity index (χ0v) is 15.6. The number of rotatable bonds is 4. The van der Waals surface area contributed by atoms with Crippen molar-refractivity contribution in [1.29, 1.82) is 0 Å². The summed E-state index contributed by atoms with van der Waals surface area (Å²) in [7, 11) is -3.65. The molecule has 0 bridgehead atoms. The van der Waals surface area contributed by atoms with Gasteiger partial charge >= 0.3 is 0 Å². The molecular weight excluding hydrogens is 352 g/mol. The molecule has 0 radical (unpaired) electrons. The van der Waals surface area contributed by atoms with Gasteiger partial charge in [-0.15, -0.1) is 0 Å². The van der Waals surface area contributed by atoms with Crippen molar-refractivity contribution in [3.05, 3.63) is 70.9 Å². The van der Waals surface area contributed by atoms with Crippen molar-refractivity contribution in [2.45, 2.75) is 20.3 Å². The number of hydrogen-bond acceptors (Lipinski definition) is 4. The van der Waals surface area contributed by atoms with Gasteiger partial charge in [-0.2, -0.15) is 0 Å². The lowest BCUT2D eigenvalue weighted by Gasteiger charge is -2.14. The molecule has 0 aliphatic heterocycles. The van der Waals surface area contributed by atoms with Crippen molar-refractivity contribution in [2.24, 2.45) is 0 Å². The Labute approximate surface area is 153 Å². The number of pyridine rings is 1. The van der Waals surface area contributed by atoms with Crippen molar-refractivity contribution in [2.75, 3.05) is 4.72 Å². The zero-order chi connectivity index (χ0) is 18.0. The third-order valence-corrected chi connectivity index (χ3v) is 5.69. The maximum Gasteiger partial charge on any atom is 0.261 e. The SMILES string of the molecule is Cc1cc(NS(=O)(=O)C2=CC(=S)CC=C2)ccc1-c1cnccc1C. The van der Waals surface area contributed by atoms with Gasteiger partial charge in [0.25, 0.3) is 10.0 Å². The van der Waals surface area contributed by atoms with Gasteiger partial charge < -0.3 is 0 Å². The average molecular weight is 370 g/mol. The Morgan fingerprint density at radius 2 is 1.92 bits per heavy atom. The molecule has 4 nitrogen and oxygen atoms in total. The monoisotopic (exact) mass is 370 g/mol. The Morgan fingerprint density at radius 1 is 1.12 bits per heavy atom. The molecule has 0 amide bonds. The van der Waals surface area contributed by atoms with Gasteiger partial charge in [-0.1, -0.05) is 24.4 Å². The van der Waals surface area contributed by atoms with E-state index in [9.17, 15) is 8.42 Å². The summed E-state index contributed by atoms with van der Waals surface area (Å²) in [6.07, 6.45) is 9.05. The summed E-state index contributed by atoms with van der Waals surface area (Å²) >= 11 is 5.09. The quantitative estimate of drug-likeness (QED) is 0.814. The molecule has 1 N–H and O–H groups in total. The number of thiocarbonyl (C=S) groups is 1. The molecule has 1 aliphatic carbocycles. The molecule has 0 spiro atoms. The summed E-state index contributed by atoms with van der Waals surface area (Å²) in [4.78, 5) is 4.98. The van der Waals surface area contributed by atoms with Crippen LogP contribution in [-0.2, 0) is 10.0 Å². The van der Waals surface area contributed by atoms with Crippen LogP contribution in [0.15, 0.2) is 59.8 Å². The maximum absolute atomic E-state index is 12.5. The molecule has 2 aromatic rings. The Balaban J connectivity index is 1.90. The molecule has 1 aliphatic rings. The highest BCUT2D eigenvalue weighted by Crippen LogP contribution is 2.29. The molecule has 6 heteroatoms. The smallest absolute Gasteiger partial charge is 0.261 e. The number of anilines is 1. The van der Waals surface area contributed by atoms with Gasteiger partial charge in [-0.3, -0.25) is 9.71 Å². The molecule has 0 saturated heterocycles. The van der Waals surface area contributed by atoms with Gasteiger partial charge in [0.2, 0.25) is 0 Å². The lowest BCUT2D eigenvalue weighted by atomic mass is 9.98. The van der Waals surface area contributed by atoms with Crippen LogP contribution in [0.25, 0.3) is 11.1 Å². The zero-order valence-electron chi connectivity index (χ0n) is 14.0. The van der Waals surface area contributed by atoms with Crippen LogP contribution in [0.5, 0.6) is 0 Å². The van der Waals surface area contributed by atoms with Gasteiger partial charge in [0.05, 0.1) is 4.91 Å². The molecule has 1 aromatic carbocycles. The van der Waals surface area contributed by atoms with Gasteiger partial charge in [0.15, 0.2) is 0 Å². The van der Waals surface area contributed by atoms with Gasteiger partial charge in [-0.25, -0.2) is 8.42 Å². The molecule has 0 unspecified atom stereocenters. The van der Waals surface area contributed by atoms with Crippen molar-refractivity contribution in [3.8, 4) is 11.1 Å². The summed E-state index contributed by atoms with van der Waals surface area (Å²) in [5.74, 6) is 0. The second-order valence-corrected chi connectivity index (χ2v) is 8.15. The van der Waals surface area contributed by atoms with E-state index < -0.39 is 10.0 Å². The van der Waals surface area contributed by atoms with Crippen LogP contribution in [-0.4, -0.2) is 18.3 Å². The average Bonchev–Trinajstić information content (AvgIpc) is 2.56. The van der Waals surface area contributed by atoms with E-state index in [1.165, 1.54) is 6.08 Å². The first-order valence-electron chi connectivity index (χ1n) is 7.82. The molecule has 1 aromatic heterocycles. The molecule has 0 fully saturated rings. The molecule has 0 atom stereocenters. The van der Waals surface area contributed by atoms with Crippen LogP contribution in [0, 0.1) is 13.8 Å². The number of allylic oxidation sites excluding steroid dienone is 3. The molecular formula is C19H18N2O2S2. The highest BCUT2D eigenvalue weighted by Gasteiger charge is 2.18. The summed E-state index contributed by atoms with van der Waals surface area (Å²) < 4.78 is 27.7. The first-order valence-corrected chi connectivity index (χ1v) is 9.71. The Hall–Kier alpha value is -2.31. The molecule has 25 heavy (non-hydrogen) atoms. The van der Waals surface area contributed by atoms with Crippen LogP contribution in [0.1, 0.15) is 17.5 Å². The van der Waals surface area contributed by atoms with E-state index in [4.69, 9.17) is 12.2 Å². The molecule has 1 heterocycles. The second-order valence-electron chi connectivity index (χ2n) is 5.95. The maximum atomic E-state index is 12.5. The number of aromatic nitrogens is 1. The predicted molar refractivity (Wildman–Crippen MR) is 106 cm³/mol. The fraction of sp³-hybridized carbons (Fsp3) is 0.158. The van der Waals surface area contributed by atoms with Crippen LogP contribution in [0.2, 0.25) is 0 Å². The van der Waals surface area contributed by atoms with Crippen molar-refractivity contribution in [3.63, 3.8) is 0 Å². The number of nitrogens with zero attached hydrogens (tertiary/aromatic N) is 1. The molecule has 128 valence electrons. The molecule has 0 saturated carbocycles. The third kappa shape index (κ3) is 3.86. The topological polar surface area (TPSA) is 59.1 Å². The minimum atomic E-state index is -3.65. The minimum absolute atomic E-state index is 0.189. The number of aryl methyl sites for hydroxylation is 2. The Morgan fingerprint density at radius 3 is 2.60 bits per heavy atom. The van der Waals surface area contributed by atoms with Gasteiger partial charge in [0.1, 0.15) is 0 Å². The molecule has 3 rings (SSSR count). The standard InChI is InChI=1S/C19H18N2O2S2/c1-13-8-9-20-12-19(13)18-7-6-15(10-14(18)2)21-25(22,23)17-5-3-4-16(24)11-17/h3,5-12,21H,4H2,1-2H3. The van der Waals surface area contributed by atoms with E-state index in [0.717, 1.165) is 22.3 Å². The van der Waals surface area contributed by atoms with Crippen LogP contribution in [0.3, 0.4) is 0 Å². The number of nitrogens with one attached hydrogen (secondary N) is 1. The fourth-order valence-electron chi connectivity index (χ4n) is 2.71. The summed E-state index contributed by atoms with van der Waals surface area (Å²) in [5, 5.41) is 0. The first-order chi connectivity index (χ1) is 11.9. The highest BCUT2D eigenvalue weighted by molar-refractivity contribution is 7.96. The van der Waals surface area contributed by atoms with E-state index in [2.05, 4.69) is 9.71 Å². The second kappa shape index (κ2) is 6.90. The summed E-state index contributed by atoms with van der Waals surface area (Å²) in [6, 6.07) is 7.45. The van der Waals surface area contributed by atoms with E-state index in [1.54, 1.807) is 24.4 Å². The van der Waals surface area contributed by atoms with Gasteiger partial charge in [-0.05, 0) is 60.9 Å². The fourth-order valence-corrected chi connectivity index (χ4v) is 4.14. The van der Waals surface area contributed by atoms with E-state index in [-0.39, 0.29) is 4.91 Å². The highest BCUT2D eigenvalue weighted by atomic mass is 32.2. The van der Waals surface area contributed by atoms with E-state index >= 15 is 0 Å². The van der Waals surface area contributed by atoms with E-state index in [1.807, 2.05) is 38.2 Å². The largest absolute Gasteiger partial charge is 0.280 e. The van der Waals surface area contributed by atoms with Crippen LogP contribution >= 0.6 is 12.2 Å². The van der Waals surface area contributed by atoms with Crippen LogP contribution in [0.4, 0.5) is 5.69 Å². The first kappa shape index (κ1) is 17.5. The third-order valence-electron chi connectivity index (χ3n) is 4.02. The predicted octanol–water partition coefficient (Wildman–Crippen LogP) is 4.32. The van der Waals surface area contributed by atoms with Crippen molar-refractivity contribution < 1.29 is 8.42 Å². The lowest BCUT2D eigenvalue weighted by Crippen LogP contribution is -2.16. The Bertz CT molecular complexity index is 1010. The van der Waals surface area contributed by atoms with Crippen LogP contribution < -0.4 is 4.72 Å². The minimum Gasteiger partial charge on any atom is -0.280 e. The number of sulfonamides is 1.